The number of carbonyl (C=O) groups excluding carboxylic acids is 1. The maximum atomic E-state index is 11.4. The maximum Gasteiger partial charge on any atom is 0.220 e. The molecule has 1 aliphatic heterocycles. The van der Waals surface area contributed by atoms with Crippen LogP contribution in [0, 0.1) is 0 Å². The topological polar surface area (TPSA) is 38.3 Å². The van der Waals surface area contributed by atoms with Crippen LogP contribution in [0.5, 0.6) is 0 Å². The minimum atomic E-state index is -1.70. The number of nitrogens with one attached hydrogen (secondary N) is 1. The van der Waals surface area contributed by atoms with Crippen molar-refractivity contribution in [1.29, 1.82) is 0 Å². The molecule has 0 aromatic rings. The summed E-state index contributed by atoms with van der Waals surface area (Å²) < 4.78 is 6.48. The highest BCUT2D eigenvalue weighted by molar-refractivity contribution is 6.74. The third-order valence-electron chi connectivity index (χ3n) is 4.59. The molecule has 0 radical (unpaired) electrons. The fraction of sp³-hybridized carbons (Fsp3) is 0.933. The first-order valence-corrected chi connectivity index (χ1v) is 10.5. The Morgan fingerprint density at radius 1 is 1.42 bits per heavy atom. The quantitative estimate of drug-likeness (QED) is 0.779. The van der Waals surface area contributed by atoms with E-state index in [0.29, 0.717) is 12.5 Å². The lowest BCUT2D eigenvalue weighted by atomic mass is 9.98. The van der Waals surface area contributed by atoms with Crippen LogP contribution < -0.4 is 5.32 Å². The number of rotatable bonds is 5. The molecule has 1 aliphatic rings. The summed E-state index contributed by atoms with van der Waals surface area (Å²) in [5, 5.41) is 3.35. The molecule has 1 amide bonds. The monoisotopic (exact) mass is 285 g/mol. The van der Waals surface area contributed by atoms with E-state index in [4.69, 9.17) is 4.43 Å². The third kappa shape index (κ3) is 4.92. The van der Waals surface area contributed by atoms with Crippen LogP contribution in [0.25, 0.3) is 0 Å². The standard InChI is InChI=1S/C15H31NO2Si/c1-7-13(18-19(5,6)15(2,3)4)11-12-9-8-10-14(17)16-12/h12-13H,7-11H2,1-6H3,(H,16,17)/t12-,13-/m0/s1. The van der Waals surface area contributed by atoms with Gasteiger partial charge in [-0.3, -0.25) is 4.79 Å². The number of carbonyl (C=O) groups is 1. The van der Waals surface area contributed by atoms with Gasteiger partial charge < -0.3 is 9.74 Å². The predicted octanol–water partition coefficient (Wildman–Crippen LogP) is 3.85. The maximum absolute atomic E-state index is 11.4. The summed E-state index contributed by atoms with van der Waals surface area (Å²) in [6.45, 7) is 13.6. The molecule has 0 aliphatic carbocycles. The van der Waals surface area contributed by atoms with E-state index >= 15 is 0 Å². The van der Waals surface area contributed by atoms with Crippen molar-refractivity contribution in [3.05, 3.63) is 0 Å². The van der Waals surface area contributed by atoms with E-state index in [1.54, 1.807) is 0 Å². The van der Waals surface area contributed by atoms with Crippen molar-refractivity contribution < 1.29 is 9.22 Å². The van der Waals surface area contributed by atoms with Crippen molar-refractivity contribution in [2.75, 3.05) is 0 Å². The zero-order chi connectivity index (χ0) is 14.7. The Balaban J connectivity index is 2.56. The van der Waals surface area contributed by atoms with Crippen LogP contribution in [-0.2, 0) is 9.22 Å². The van der Waals surface area contributed by atoms with E-state index in [1.165, 1.54) is 0 Å². The van der Waals surface area contributed by atoms with Crippen molar-refractivity contribution in [2.24, 2.45) is 0 Å². The van der Waals surface area contributed by atoms with Crippen molar-refractivity contribution in [3.63, 3.8) is 0 Å². The highest BCUT2D eigenvalue weighted by atomic mass is 28.4. The first-order chi connectivity index (χ1) is 8.65. The predicted molar refractivity (Wildman–Crippen MR) is 82.8 cm³/mol. The van der Waals surface area contributed by atoms with Crippen LogP contribution in [0.15, 0.2) is 0 Å². The van der Waals surface area contributed by atoms with Crippen molar-refractivity contribution in [3.8, 4) is 0 Å². The molecule has 2 atom stereocenters. The van der Waals surface area contributed by atoms with Gasteiger partial charge in [0.05, 0.1) is 0 Å². The lowest BCUT2D eigenvalue weighted by Gasteiger charge is -2.40. The van der Waals surface area contributed by atoms with Gasteiger partial charge in [0.15, 0.2) is 8.32 Å². The molecule has 19 heavy (non-hydrogen) atoms. The van der Waals surface area contributed by atoms with E-state index in [-0.39, 0.29) is 17.0 Å². The summed E-state index contributed by atoms with van der Waals surface area (Å²) >= 11 is 0. The molecule has 0 unspecified atom stereocenters. The van der Waals surface area contributed by atoms with Gasteiger partial charge in [-0.25, -0.2) is 0 Å². The Labute approximate surface area is 119 Å². The Hall–Kier alpha value is -0.353. The SMILES string of the molecule is CC[C@@H](C[C@@H]1CCCC(=O)N1)O[Si](C)(C)C(C)(C)C. The second kappa shape index (κ2) is 6.40. The number of hydrogen-bond acceptors (Lipinski definition) is 2. The summed E-state index contributed by atoms with van der Waals surface area (Å²) in [7, 11) is -1.70. The molecule has 0 aromatic carbocycles. The summed E-state index contributed by atoms with van der Waals surface area (Å²) in [6, 6.07) is 0.316. The summed E-state index contributed by atoms with van der Waals surface area (Å²) in [6.07, 6.45) is 5.09. The molecule has 112 valence electrons. The van der Waals surface area contributed by atoms with E-state index in [0.717, 1.165) is 25.7 Å². The van der Waals surface area contributed by atoms with E-state index in [9.17, 15) is 4.79 Å². The fourth-order valence-electron chi connectivity index (χ4n) is 2.27. The van der Waals surface area contributed by atoms with Crippen LogP contribution in [0.3, 0.4) is 0 Å². The normalized spacial score (nSPS) is 23.1. The summed E-state index contributed by atoms with van der Waals surface area (Å²) in [5.74, 6) is 0.207. The van der Waals surface area contributed by atoms with Gasteiger partial charge in [-0.15, -0.1) is 0 Å². The molecule has 4 heteroatoms. The third-order valence-corrected chi connectivity index (χ3v) is 9.13. The molecular weight excluding hydrogens is 254 g/mol. The zero-order valence-electron chi connectivity index (χ0n) is 13.5. The minimum Gasteiger partial charge on any atom is -0.414 e. The average Bonchev–Trinajstić information content (AvgIpc) is 2.26. The van der Waals surface area contributed by atoms with Gasteiger partial charge in [-0.05, 0) is 43.8 Å². The van der Waals surface area contributed by atoms with Crippen molar-refractivity contribution in [2.45, 2.75) is 90.1 Å². The lowest BCUT2D eigenvalue weighted by molar-refractivity contribution is -0.123. The second-order valence-electron chi connectivity index (χ2n) is 7.30. The Kier molecular flexibility index (Phi) is 5.62. The molecule has 0 saturated carbocycles. The Morgan fingerprint density at radius 2 is 2.05 bits per heavy atom. The van der Waals surface area contributed by atoms with Gasteiger partial charge >= 0.3 is 0 Å². The van der Waals surface area contributed by atoms with E-state index in [1.807, 2.05) is 0 Å². The van der Waals surface area contributed by atoms with Gasteiger partial charge in [0, 0.05) is 18.6 Å². The number of hydrogen-bond donors (Lipinski definition) is 1. The first-order valence-electron chi connectivity index (χ1n) is 7.63. The molecule has 1 rings (SSSR count). The van der Waals surface area contributed by atoms with Gasteiger partial charge in [0.2, 0.25) is 5.91 Å². The highest BCUT2D eigenvalue weighted by Gasteiger charge is 2.39. The minimum absolute atomic E-state index is 0.207. The first kappa shape index (κ1) is 16.7. The van der Waals surface area contributed by atoms with Crippen LogP contribution in [-0.4, -0.2) is 26.4 Å². The molecule has 1 saturated heterocycles. The lowest BCUT2D eigenvalue weighted by Crippen LogP contribution is -2.47. The van der Waals surface area contributed by atoms with Crippen LogP contribution >= 0.6 is 0 Å². The van der Waals surface area contributed by atoms with Crippen LogP contribution in [0.2, 0.25) is 18.1 Å². The number of piperidine rings is 1. The van der Waals surface area contributed by atoms with E-state index < -0.39 is 8.32 Å². The molecule has 0 bridgehead atoms. The molecule has 1 heterocycles. The molecule has 1 N–H and O–H groups in total. The van der Waals surface area contributed by atoms with Gasteiger partial charge in [-0.1, -0.05) is 27.7 Å². The Morgan fingerprint density at radius 3 is 2.53 bits per heavy atom. The van der Waals surface area contributed by atoms with Crippen LogP contribution in [0.4, 0.5) is 0 Å². The molecule has 0 spiro atoms. The van der Waals surface area contributed by atoms with Crippen LogP contribution in [0.1, 0.15) is 59.8 Å². The van der Waals surface area contributed by atoms with Gasteiger partial charge in [0.1, 0.15) is 0 Å². The smallest absolute Gasteiger partial charge is 0.220 e. The average molecular weight is 286 g/mol. The second-order valence-corrected chi connectivity index (χ2v) is 12.1. The molecule has 1 fully saturated rings. The summed E-state index contributed by atoms with van der Waals surface area (Å²) in [5.41, 5.74) is 0. The van der Waals surface area contributed by atoms with Crippen molar-refractivity contribution in [1.82, 2.24) is 5.32 Å². The van der Waals surface area contributed by atoms with Gasteiger partial charge in [0.25, 0.3) is 0 Å². The molecule has 0 aromatic heterocycles. The largest absolute Gasteiger partial charge is 0.414 e. The summed E-state index contributed by atoms with van der Waals surface area (Å²) in [4.78, 5) is 11.4. The van der Waals surface area contributed by atoms with Crippen molar-refractivity contribution >= 4 is 14.2 Å². The van der Waals surface area contributed by atoms with E-state index in [2.05, 4.69) is 46.1 Å². The highest BCUT2D eigenvalue weighted by Crippen LogP contribution is 2.38. The molecule has 3 nitrogen and oxygen atoms in total. The molecular formula is C15H31NO2Si. The van der Waals surface area contributed by atoms with Gasteiger partial charge in [-0.2, -0.15) is 0 Å². The number of amides is 1. The fourth-order valence-corrected chi connectivity index (χ4v) is 3.72. The Bertz CT molecular complexity index is 310. The zero-order valence-corrected chi connectivity index (χ0v) is 14.5.